The molecule has 0 bridgehead atoms. The van der Waals surface area contributed by atoms with Crippen molar-refractivity contribution in [2.24, 2.45) is 0 Å². The minimum absolute atomic E-state index is 0.0556. The Balaban J connectivity index is 2.08. The highest BCUT2D eigenvalue weighted by Gasteiger charge is 2.41. The Morgan fingerprint density at radius 2 is 2.10 bits per heavy atom. The van der Waals surface area contributed by atoms with Gasteiger partial charge in [0.25, 0.3) is 0 Å². The van der Waals surface area contributed by atoms with Gasteiger partial charge in [-0.05, 0) is 21.0 Å². The minimum Gasteiger partial charge on any atom is -0.376 e. The zero-order chi connectivity index (χ0) is 15.6. The van der Waals surface area contributed by atoms with Crippen molar-refractivity contribution >= 4 is 24.9 Å². The molecule has 0 saturated carbocycles. The van der Waals surface area contributed by atoms with Crippen LogP contribution in [0.2, 0.25) is 0 Å². The van der Waals surface area contributed by atoms with E-state index in [4.69, 9.17) is 14.0 Å². The Labute approximate surface area is 130 Å². The maximum absolute atomic E-state index is 13.4. The summed E-state index contributed by atoms with van der Waals surface area (Å²) in [5.74, 6) is 0. The Hall–Kier alpha value is 0.485. The van der Waals surface area contributed by atoms with Gasteiger partial charge in [-0.15, -0.1) is 0 Å². The lowest BCUT2D eigenvalue weighted by atomic mass is 9.99. The number of hydrogen-bond donors (Lipinski definition) is 0. The van der Waals surface area contributed by atoms with E-state index in [1.54, 1.807) is 18.8 Å². The maximum atomic E-state index is 13.4. The molecule has 5 atom stereocenters. The highest BCUT2D eigenvalue weighted by Crippen LogP contribution is 2.54. The summed E-state index contributed by atoms with van der Waals surface area (Å²) in [6.07, 6.45) is -0.433. The second-order valence-corrected chi connectivity index (χ2v) is 9.16. The van der Waals surface area contributed by atoms with Crippen LogP contribution < -0.4 is 0 Å². The van der Waals surface area contributed by atoms with E-state index in [1.807, 2.05) is 19.4 Å². The van der Waals surface area contributed by atoms with Crippen LogP contribution in [-0.2, 0) is 18.6 Å². The first-order chi connectivity index (χ1) is 9.81. The molecule has 2 heterocycles. The summed E-state index contributed by atoms with van der Waals surface area (Å²) in [6.45, 7) is 5.17. The van der Waals surface area contributed by atoms with Crippen LogP contribution in [0.4, 0.5) is 0 Å². The van der Waals surface area contributed by atoms with E-state index in [2.05, 4.69) is 14.1 Å². The van der Waals surface area contributed by atoms with E-state index >= 15 is 0 Å². The average molecular weight is 337 g/mol. The van der Waals surface area contributed by atoms with Crippen molar-refractivity contribution in [1.29, 1.82) is 0 Å². The molecule has 0 spiro atoms. The number of hydrogen-bond acceptors (Lipinski definition) is 5. The van der Waals surface area contributed by atoms with Gasteiger partial charge >= 0.3 is 7.67 Å². The molecule has 122 valence electrons. The second kappa shape index (κ2) is 7.37. The summed E-state index contributed by atoms with van der Waals surface area (Å²) >= 11 is 0. The average Bonchev–Trinajstić information content (AvgIpc) is 2.37. The molecular weight excluding hydrogens is 311 g/mol. The fourth-order valence-corrected chi connectivity index (χ4v) is 5.09. The topological polar surface area (TPSA) is 54.5 Å². The van der Waals surface area contributed by atoms with Gasteiger partial charge in [0.2, 0.25) is 0 Å². The lowest BCUT2D eigenvalue weighted by Gasteiger charge is -2.42. The predicted octanol–water partition coefficient (Wildman–Crippen LogP) is -0.199. The summed E-state index contributed by atoms with van der Waals surface area (Å²) in [5.41, 5.74) is 0. The third-order valence-corrected chi connectivity index (χ3v) is 6.62. The molecule has 0 N–H and O–H groups in total. The highest BCUT2D eigenvalue weighted by atomic mass is 31.2. The van der Waals surface area contributed by atoms with Gasteiger partial charge < -0.3 is 9.47 Å². The number of rotatable bonds is 4. The molecule has 5 unspecified atom stereocenters. The van der Waals surface area contributed by atoms with E-state index in [0.29, 0.717) is 26.2 Å². The normalized spacial score (nSPS) is 35.8. The molecule has 2 saturated heterocycles. The van der Waals surface area contributed by atoms with Crippen LogP contribution in [0.5, 0.6) is 0 Å². The zero-order valence-corrected chi connectivity index (χ0v) is 15.3. The summed E-state index contributed by atoms with van der Waals surface area (Å²) in [6, 6.07) is 0.0560. The summed E-state index contributed by atoms with van der Waals surface area (Å²) in [5, 5.41) is 0. The fourth-order valence-electron chi connectivity index (χ4n) is 2.60. The number of morpholine rings is 2. The van der Waals surface area contributed by atoms with E-state index in [-0.39, 0.29) is 12.1 Å². The van der Waals surface area contributed by atoms with Crippen molar-refractivity contribution in [3.8, 4) is 0 Å². The van der Waals surface area contributed by atoms with E-state index < -0.39 is 14.0 Å². The minimum atomic E-state index is -3.10. The van der Waals surface area contributed by atoms with Crippen LogP contribution in [0, 0.1) is 0 Å². The van der Waals surface area contributed by atoms with Gasteiger partial charge in [0, 0.05) is 25.6 Å². The van der Waals surface area contributed by atoms with Gasteiger partial charge in [-0.2, -0.15) is 0 Å². The quantitative estimate of drug-likeness (QED) is 0.520. The largest absolute Gasteiger partial charge is 0.376 e. The van der Waals surface area contributed by atoms with Gasteiger partial charge in [-0.1, -0.05) is 9.39 Å². The van der Waals surface area contributed by atoms with Crippen LogP contribution in [-0.4, -0.2) is 87.1 Å². The molecular formula is C11H26BN3O4P2. The Bertz CT molecular complexity index is 394. The molecule has 0 amide bonds. The zero-order valence-electron chi connectivity index (χ0n) is 13.3. The van der Waals surface area contributed by atoms with Gasteiger partial charge in [0.15, 0.2) is 6.29 Å². The predicted molar refractivity (Wildman–Crippen MR) is 87.9 cm³/mol. The Morgan fingerprint density at radius 1 is 1.38 bits per heavy atom. The Morgan fingerprint density at radius 3 is 2.67 bits per heavy atom. The summed E-state index contributed by atoms with van der Waals surface area (Å²) < 4.78 is 36.2. The number of ether oxygens (including phenoxy) is 2. The molecule has 2 rings (SSSR count). The Kier molecular flexibility index (Phi) is 6.26. The first-order valence-electron chi connectivity index (χ1n) is 7.29. The standard InChI is InChI=1S/C11H26BN3O4P2/c1-9-6-15(4-5-17-9)21(16,13(2)3)19-11-8-14(20)7-10(12)18-11/h9-11H,4-8,12,20H2,1-3H3. The van der Waals surface area contributed by atoms with Crippen LogP contribution in [0.15, 0.2) is 0 Å². The first kappa shape index (κ1) is 17.8. The molecule has 2 aliphatic rings. The molecule has 2 aliphatic heterocycles. The van der Waals surface area contributed by atoms with Crippen molar-refractivity contribution < 1.29 is 18.6 Å². The van der Waals surface area contributed by atoms with E-state index in [0.717, 1.165) is 6.54 Å². The smallest absolute Gasteiger partial charge is 0.348 e. The van der Waals surface area contributed by atoms with Gasteiger partial charge in [-0.3, -0.25) is 13.8 Å². The summed E-state index contributed by atoms with van der Waals surface area (Å²) in [4.78, 5) is 0. The molecule has 7 nitrogen and oxygen atoms in total. The number of nitrogens with zero attached hydrogens (tertiary/aromatic N) is 3. The lowest BCUT2D eigenvalue weighted by Crippen LogP contribution is -2.47. The fraction of sp³-hybridized carbons (Fsp3) is 1.00. The molecule has 0 aliphatic carbocycles. The second-order valence-electron chi connectivity index (χ2n) is 5.87. The molecule has 10 heteroatoms. The van der Waals surface area contributed by atoms with Crippen molar-refractivity contribution in [1.82, 2.24) is 14.0 Å². The molecule has 2 fully saturated rings. The van der Waals surface area contributed by atoms with Crippen molar-refractivity contribution in [3.05, 3.63) is 0 Å². The molecule has 0 radical (unpaired) electrons. The van der Waals surface area contributed by atoms with Gasteiger partial charge in [0.05, 0.1) is 19.3 Å². The molecule has 0 aromatic rings. The van der Waals surface area contributed by atoms with Crippen LogP contribution in [0.3, 0.4) is 0 Å². The summed E-state index contributed by atoms with van der Waals surface area (Å²) in [7, 11) is 5.12. The monoisotopic (exact) mass is 337 g/mol. The maximum Gasteiger partial charge on any atom is 0.348 e. The van der Waals surface area contributed by atoms with E-state index in [9.17, 15) is 4.57 Å². The highest BCUT2D eigenvalue weighted by molar-refractivity contribution is 7.53. The third-order valence-electron chi connectivity index (χ3n) is 3.60. The molecule has 21 heavy (non-hydrogen) atoms. The van der Waals surface area contributed by atoms with E-state index in [1.165, 1.54) is 0 Å². The van der Waals surface area contributed by atoms with Crippen molar-refractivity contribution in [2.75, 3.05) is 46.9 Å². The molecule has 0 aromatic carbocycles. The lowest BCUT2D eigenvalue weighted by molar-refractivity contribution is -0.134. The SMILES string of the molecule is BC1CN(P)CC(OP(=O)(N(C)C)N2CCOC(C)C2)O1. The van der Waals surface area contributed by atoms with Crippen LogP contribution in [0.25, 0.3) is 0 Å². The van der Waals surface area contributed by atoms with Crippen LogP contribution >= 0.6 is 17.1 Å². The van der Waals surface area contributed by atoms with Crippen molar-refractivity contribution in [2.45, 2.75) is 25.3 Å². The third kappa shape index (κ3) is 4.49. The first-order valence-corrected chi connectivity index (χ1v) is 9.34. The van der Waals surface area contributed by atoms with Crippen molar-refractivity contribution in [3.63, 3.8) is 0 Å². The van der Waals surface area contributed by atoms with Gasteiger partial charge in [-0.25, -0.2) is 9.34 Å². The van der Waals surface area contributed by atoms with Gasteiger partial charge in [0.1, 0.15) is 7.85 Å². The van der Waals surface area contributed by atoms with Crippen LogP contribution in [0.1, 0.15) is 6.92 Å². The molecule has 0 aromatic heterocycles.